The van der Waals surface area contributed by atoms with Gasteiger partial charge in [-0.1, -0.05) is 35.4 Å². The van der Waals surface area contributed by atoms with Gasteiger partial charge < -0.3 is 9.84 Å². The number of halogens is 8. The van der Waals surface area contributed by atoms with Gasteiger partial charge in [0, 0.05) is 22.9 Å². The van der Waals surface area contributed by atoms with Crippen LogP contribution in [0.2, 0.25) is 5.02 Å². The van der Waals surface area contributed by atoms with E-state index in [9.17, 15) is 50.2 Å². The van der Waals surface area contributed by atoms with E-state index in [0.29, 0.717) is 50.1 Å². The molecule has 9 nitrogen and oxygen atoms in total. The molecule has 2 N–H and O–H groups in total. The molecule has 2 aliphatic carbocycles. The van der Waals surface area contributed by atoms with E-state index < -0.39 is 93.6 Å². The molecular formula is C43H29ClF7N3O6. The zero-order chi connectivity index (χ0) is 42.6. The predicted octanol–water partition coefficient (Wildman–Crippen LogP) is 8.76. The van der Waals surface area contributed by atoms with Crippen molar-refractivity contribution in [2.45, 2.75) is 37.0 Å². The number of fused-ring (bicyclic) bond motifs is 5. The highest BCUT2D eigenvalue weighted by Crippen LogP contribution is 2.63. The topological polar surface area (TPSA) is 116 Å². The lowest BCUT2D eigenvalue weighted by Gasteiger charge is -2.51. The molecule has 6 atom stereocenters. The van der Waals surface area contributed by atoms with Crippen LogP contribution < -0.4 is 15.1 Å². The van der Waals surface area contributed by atoms with Gasteiger partial charge in [0.1, 0.15) is 17.3 Å². The molecule has 0 aromatic heterocycles. The molecule has 3 fully saturated rings. The standard InChI is InChI=1S/C43H29ClF7N3O6/c44-25-3-1-22(2-4-25)41-33(38(57)54(40(41)59)52-27-7-5-26(45)6-8-27)18-32-30(36(41)21-13-20-14-29(55)9-12-34(20)60-19-21)10-11-31-35(32)39(58)53(37(31)56)28-16-23(42(46,47)48)15-24(17-28)43(49,50)51/h1-10,12,14-17,19,31-33,35-36,52,55H,11,13,18H2/t31-,32+,33-,35-,36-,41+/m0/s1. The summed E-state index contributed by atoms with van der Waals surface area (Å²) >= 11 is 6.33. The van der Waals surface area contributed by atoms with Crippen molar-refractivity contribution in [2.75, 3.05) is 10.3 Å². The third-order valence-electron chi connectivity index (χ3n) is 12.2. The van der Waals surface area contributed by atoms with Gasteiger partial charge in [-0.05, 0) is 103 Å². The van der Waals surface area contributed by atoms with Crippen molar-refractivity contribution in [3.63, 3.8) is 0 Å². The van der Waals surface area contributed by atoms with Crippen LogP contribution in [0.15, 0.2) is 108 Å². The summed E-state index contributed by atoms with van der Waals surface area (Å²) in [5.74, 6) is -9.94. The predicted molar refractivity (Wildman–Crippen MR) is 199 cm³/mol. The van der Waals surface area contributed by atoms with E-state index in [2.05, 4.69) is 5.43 Å². The molecular weight excluding hydrogens is 823 g/mol. The summed E-state index contributed by atoms with van der Waals surface area (Å²) in [5.41, 5.74) is -1.47. The Morgan fingerprint density at radius 1 is 0.800 bits per heavy atom. The summed E-state index contributed by atoms with van der Waals surface area (Å²) in [6.07, 6.45) is -7.85. The molecule has 0 spiro atoms. The Bertz CT molecular complexity index is 2540. The van der Waals surface area contributed by atoms with E-state index in [4.69, 9.17) is 16.3 Å². The lowest BCUT2D eigenvalue weighted by molar-refractivity contribution is -0.143. The minimum absolute atomic E-state index is 0.0604. The fraction of sp³-hybridized carbons (Fsp3) is 0.256. The Labute approximate surface area is 340 Å². The van der Waals surface area contributed by atoms with E-state index in [1.165, 1.54) is 48.7 Å². The number of allylic oxidation sites excluding steroid dienone is 3. The maximum Gasteiger partial charge on any atom is 0.416 e. The van der Waals surface area contributed by atoms with Crippen LogP contribution in [0.4, 0.5) is 42.1 Å². The smallest absolute Gasteiger partial charge is 0.416 e. The molecule has 0 unspecified atom stereocenters. The monoisotopic (exact) mass is 851 g/mol. The Balaban J connectivity index is 1.21. The number of rotatable bonds is 5. The number of hydrazine groups is 1. The van der Waals surface area contributed by atoms with Crippen molar-refractivity contribution >= 4 is 46.6 Å². The first-order valence-corrected chi connectivity index (χ1v) is 19.0. The van der Waals surface area contributed by atoms with E-state index in [0.717, 1.165) is 17.1 Å². The minimum Gasteiger partial charge on any atom is -0.508 e. The van der Waals surface area contributed by atoms with E-state index >= 15 is 4.79 Å². The fourth-order valence-corrected chi connectivity index (χ4v) is 9.92. The second-order valence-electron chi connectivity index (χ2n) is 15.4. The Morgan fingerprint density at radius 3 is 2.12 bits per heavy atom. The Morgan fingerprint density at radius 2 is 1.47 bits per heavy atom. The van der Waals surface area contributed by atoms with Crippen LogP contribution in [0, 0.1) is 35.4 Å². The van der Waals surface area contributed by atoms with Crippen LogP contribution in [-0.4, -0.2) is 33.7 Å². The van der Waals surface area contributed by atoms with Gasteiger partial charge >= 0.3 is 12.4 Å². The summed E-state index contributed by atoms with van der Waals surface area (Å²) in [4.78, 5) is 59.3. The van der Waals surface area contributed by atoms with E-state index in [1.807, 2.05) is 0 Å². The number of anilines is 2. The molecule has 5 aliphatic rings. The number of aromatic hydroxyl groups is 1. The molecule has 3 heterocycles. The average molecular weight is 852 g/mol. The van der Waals surface area contributed by atoms with Crippen LogP contribution in [0.5, 0.6) is 11.5 Å². The molecule has 4 amide bonds. The Kier molecular flexibility index (Phi) is 8.97. The number of alkyl halides is 6. The first-order chi connectivity index (χ1) is 28.4. The first kappa shape index (κ1) is 39.3. The van der Waals surface area contributed by atoms with Gasteiger partial charge in [-0.25, -0.2) is 9.29 Å². The highest BCUT2D eigenvalue weighted by molar-refractivity contribution is 6.30. The molecule has 60 heavy (non-hydrogen) atoms. The molecule has 4 aromatic carbocycles. The summed E-state index contributed by atoms with van der Waals surface area (Å²) in [6, 6.07) is 16.1. The highest BCUT2D eigenvalue weighted by Gasteiger charge is 2.71. The zero-order valence-electron chi connectivity index (χ0n) is 30.7. The number of ether oxygens (including phenoxy) is 1. The number of benzene rings is 4. The van der Waals surface area contributed by atoms with Gasteiger partial charge in [0.15, 0.2) is 0 Å². The second-order valence-corrected chi connectivity index (χ2v) is 15.9. The van der Waals surface area contributed by atoms with Crippen molar-refractivity contribution in [3.8, 4) is 11.5 Å². The lowest BCUT2D eigenvalue weighted by atomic mass is 9.48. The Hall–Kier alpha value is -6.16. The summed E-state index contributed by atoms with van der Waals surface area (Å²) in [7, 11) is 0. The SMILES string of the molecule is O=C1[C@@H]2C[C@@H]3C(=CC[C@@H]4C(=O)N(c5cc(C(F)(F)F)cc(C(F)(F)F)c5)C(=O)[C@@H]43)[C@H](C3=COc4ccc(O)cc4C3)[C@]2(c2ccc(Cl)cc2)C(=O)N1Nc1ccc(F)cc1. The zero-order valence-corrected chi connectivity index (χ0v) is 31.4. The van der Waals surface area contributed by atoms with Crippen LogP contribution in [0.25, 0.3) is 0 Å². The molecule has 4 aromatic rings. The summed E-state index contributed by atoms with van der Waals surface area (Å²) < 4.78 is 104. The van der Waals surface area contributed by atoms with Crippen LogP contribution in [0.3, 0.4) is 0 Å². The quantitative estimate of drug-likeness (QED) is 0.117. The summed E-state index contributed by atoms with van der Waals surface area (Å²) in [6.45, 7) is 0. The minimum atomic E-state index is -5.26. The number of carbonyl (C=O) groups excluding carboxylic acids is 4. The van der Waals surface area contributed by atoms with Crippen LogP contribution >= 0.6 is 11.6 Å². The molecule has 1 saturated carbocycles. The van der Waals surface area contributed by atoms with Crippen LogP contribution in [-0.2, 0) is 43.4 Å². The lowest BCUT2D eigenvalue weighted by Crippen LogP contribution is -2.55. The first-order valence-electron chi connectivity index (χ1n) is 18.6. The normalized spacial score (nSPS) is 26.2. The third kappa shape index (κ3) is 6.05. The van der Waals surface area contributed by atoms with Crippen molar-refractivity contribution in [2.24, 2.45) is 29.6 Å². The maximum atomic E-state index is 15.4. The van der Waals surface area contributed by atoms with Gasteiger partial charge in [0.2, 0.25) is 11.8 Å². The highest BCUT2D eigenvalue weighted by atomic mass is 35.5. The molecule has 9 rings (SSSR count). The number of nitrogens with one attached hydrogen (secondary N) is 1. The molecule has 17 heteroatoms. The van der Waals surface area contributed by atoms with Gasteiger partial charge in [0.25, 0.3) is 11.8 Å². The average Bonchev–Trinajstić information content (AvgIpc) is 3.58. The fourth-order valence-electron chi connectivity index (χ4n) is 9.79. The maximum absolute atomic E-state index is 15.4. The summed E-state index contributed by atoms with van der Waals surface area (Å²) in [5, 5.41) is 11.5. The van der Waals surface area contributed by atoms with E-state index in [-0.39, 0.29) is 36.8 Å². The number of amides is 4. The van der Waals surface area contributed by atoms with Crippen molar-refractivity contribution in [3.05, 3.63) is 142 Å². The molecule has 0 bridgehead atoms. The number of nitrogens with zero attached hydrogens (tertiary/aromatic N) is 2. The second kappa shape index (κ2) is 13.7. The van der Waals surface area contributed by atoms with Crippen molar-refractivity contribution in [1.82, 2.24) is 5.01 Å². The number of phenols is 1. The van der Waals surface area contributed by atoms with Gasteiger partial charge in [-0.15, -0.1) is 0 Å². The molecule has 0 radical (unpaired) electrons. The number of hydrogen-bond acceptors (Lipinski definition) is 7. The van der Waals surface area contributed by atoms with Crippen molar-refractivity contribution < 1.29 is 59.8 Å². The largest absolute Gasteiger partial charge is 0.508 e. The van der Waals surface area contributed by atoms with E-state index in [1.54, 1.807) is 18.2 Å². The van der Waals surface area contributed by atoms with Gasteiger partial charge in [0.05, 0.1) is 51.9 Å². The number of hydrogen-bond donors (Lipinski definition) is 2. The molecule has 3 aliphatic heterocycles. The number of carbonyl (C=O) groups is 4. The number of phenolic OH excluding ortho intramolecular Hbond substituents is 1. The van der Waals surface area contributed by atoms with Crippen LogP contribution in [0.1, 0.15) is 35.1 Å². The number of imide groups is 2. The molecule has 2 saturated heterocycles. The van der Waals surface area contributed by atoms with Crippen molar-refractivity contribution in [1.29, 1.82) is 0 Å². The molecule has 308 valence electrons. The van der Waals surface area contributed by atoms with Gasteiger partial charge in [-0.3, -0.25) is 24.6 Å². The van der Waals surface area contributed by atoms with Gasteiger partial charge in [-0.2, -0.15) is 31.4 Å². The third-order valence-corrected chi connectivity index (χ3v) is 12.5.